The van der Waals surface area contributed by atoms with Gasteiger partial charge in [0.2, 0.25) is 5.69 Å². The average Bonchev–Trinajstić information content (AvgIpc) is 3.73. The Morgan fingerprint density at radius 3 is 2.07 bits per heavy atom. The molecule has 0 radical (unpaired) electrons. The van der Waals surface area contributed by atoms with Gasteiger partial charge in [0.1, 0.15) is 6.54 Å². The minimum absolute atomic E-state index is 0.103. The fraction of sp³-hybridized carbons (Fsp3) is 0.306. The van der Waals surface area contributed by atoms with Gasteiger partial charge in [-0.1, -0.05) is 104 Å². The van der Waals surface area contributed by atoms with Crippen LogP contribution in [0.1, 0.15) is 77.3 Å². The molecule has 10 nitrogen and oxygen atoms in total. The molecule has 0 atom stereocenters. The summed E-state index contributed by atoms with van der Waals surface area (Å²) in [6, 6.07) is 25.5. The topological polar surface area (TPSA) is 124 Å². The van der Waals surface area contributed by atoms with Crippen LogP contribution in [0, 0.1) is 0 Å². The summed E-state index contributed by atoms with van der Waals surface area (Å²) >= 11 is 0. The highest BCUT2D eigenvalue weighted by molar-refractivity contribution is 7.85. The standard InChI is InChI=1S/C49H51N3O7S/c1-48(2)41(50(39-28-26-35-19-12-14-21-37(35)46(39)48)32-16-8-11-25-45(55)59-52-43(53)30-31-44(52)54)23-9-6-5-7-10-24-42-49(3,4)47-38-22-15-13-20-36(38)27-29-40(47)51(42)33-17-18-34-60(56,57)58/h5-7,9-10,12-15,19-24,26-31H,8,11,16-18,25,32-34H2,1-4H3/p+1. The number of carbonyl (C=O) groups is 3. The summed E-state index contributed by atoms with van der Waals surface area (Å²) in [5.41, 5.74) is 6.51. The van der Waals surface area contributed by atoms with Gasteiger partial charge in [-0.3, -0.25) is 14.1 Å². The summed E-state index contributed by atoms with van der Waals surface area (Å²) in [6.07, 6.45) is 19.9. The Hall–Kier alpha value is -5.91. The monoisotopic (exact) mass is 826 g/mol. The molecule has 0 spiro atoms. The Morgan fingerprint density at radius 2 is 1.37 bits per heavy atom. The molecule has 4 aromatic rings. The van der Waals surface area contributed by atoms with E-state index in [1.54, 1.807) is 0 Å². The second kappa shape index (κ2) is 17.4. The molecule has 2 amide bonds. The minimum Gasteiger partial charge on any atom is -0.344 e. The molecule has 7 rings (SSSR count). The van der Waals surface area contributed by atoms with Gasteiger partial charge < -0.3 is 9.74 Å². The van der Waals surface area contributed by atoms with Crippen molar-refractivity contribution in [2.75, 3.05) is 23.7 Å². The van der Waals surface area contributed by atoms with Crippen molar-refractivity contribution in [1.82, 2.24) is 5.06 Å². The SMILES string of the molecule is CC1(C)C(/C=C/C=C/C=C/C=C2\N(CCCCS(=O)(=O)O)c3ccc4ccccc4c3C2(C)C)=[N+](CCCCCC(=O)ON2C(=O)C=CC2=O)c2ccc3ccccc3c21. The van der Waals surface area contributed by atoms with Crippen molar-refractivity contribution >= 4 is 66.5 Å². The van der Waals surface area contributed by atoms with E-state index >= 15 is 0 Å². The Morgan fingerprint density at radius 1 is 0.733 bits per heavy atom. The van der Waals surface area contributed by atoms with Gasteiger partial charge in [0, 0.05) is 66.0 Å². The number of imide groups is 1. The van der Waals surface area contributed by atoms with Gasteiger partial charge in [0.05, 0.1) is 11.2 Å². The average molecular weight is 827 g/mol. The zero-order valence-electron chi connectivity index (χ0n) is 34.6. The van der Waals surface area contributed by atoms with Crippen molar-refractivity contribution in [3.8, 4) is 0 Å². The number of nitrogens with zero attached hydrogens (tertiary/aromatic N) is 3. The van der Waals surface area contributed by atoms with Crippen molar-refractivity contribution in [3.05, 3.63) is 144 Å². The summed E-state index contributed by atoms with van der Waals surface area (Å²) in [7, 11) is -4.02. The molecule has 310 valence electrons. The minimum atomic E-state index is -4.02. The molecule has 0 aromatic heterocycles. The van der Waals surface area contributed by atoms with Gasteiger partial charge >= 0.3 is 5.97 Å². The van der Waals surface area contributed by atoms with Gasteiger partial charge in [-0.15, -0.1) is 0 Å². The molecule has 0 fully saturated rings. The van der Waals surface area contributed by atoms with E-state index in [0.717, 1.165) is 42.9 Å². The van der Waals surface area contributed by atoms with E-state index in [-0.39, 0.29) is 23.0 Å². The molecule has 1 N–H and O–H groups in total. The molecule has 0 saturated carbocycles. The van der Waals surface area contributed by atoms with Crippen LogP contribution in [0.5, 0.6) is 0 Å². The van der Waals surface area contributed by atoms with Gasteiger partial charge in [0.15, 0.2) is 5.71 Å². The van der Waals surface area contributed by atoms with Crippen molar-refractivity contribution in [3.63, 3.8) is 0 Å². The smallest absolute Gasteiger partial charge is 0.333 e. The number of amides is 2. The predicted molar refractivity (Wildman–Crippen MR) is 238 cm³/mol. The maximum absolute atomic E-state index is 12.4. The van der Waals surface area contributed by atoms with Gasteiger partial charge in [-0.2, -0.15) is 13.0 Å². The van der Waals surface area contributed by atoms with Crippen molar-refractivity contribution in [2.45, 2.75) is 77.0 Å². The first-order chi connectivity index (χ1) is 28.7. The predicted octanol–water partition coefficient (Wildman–Crippen LogP) is 9.33. The van der Waals surface area contributed by atoms with E-state index in [1.807, 2.05) is 24.3 Å². The Labute approximate surface area is 352 Å². The first-order valence-electron chi connectivity index (χ1n) is 20.6. The highest BCUT2D eigenvalue weighted by Crippen LogP contribution is 2.51. The zero-order chi connectivity index (χ0) is 42.7. The van der Waals surface area contributed by atoms with Crippen molar-refractivity contribution in [1.29, 1.82) is 0 Å². The number of anilines is 1. The third-order valence-electron chi connectivity index (χ3n) is 11.7. The number of unbranched alkanes of at least 4 members (excludes halogenated alkanes) is 3. The van der Waals surface area contributed by atoms with E-state index in [9.17, 15) is 27.4 Å². The number of carbonyl (C=O) groups excluding carboxylic acids is 3. The number of hydroxylamine groups is 2. The van der Waals surface area contributed by atoms with Crippen LogP contribution < -0.4 is 4.90 Å². The molecule has 3 heterocycles. The van der Waals surface area contributed by atoms with Crippen LogP contribution >= 0.6 is 0 Å². The van der Waals surface area contributed by atoms with Crippen LogP contribution in [-0.2, 0) is 40.2 Å². The van der Waals surface area contributed by atoms with E-state index in [4.69, 9.17) is 4.84 Å². The van der Waals surface area contributed by atoms with Crippen LogP contribution in [0.2, 0.25) is 0 Å². The number of rotatable bonds is 16. The van der Waals surface area contributed by atoms with Crippen molar-refractivity contribution < 1.29 is 36.8 Å². The normalized spacial score (nSPS) is 17.9. The summed E-state index contributed by atoms with van der Waals surface area (Å²) < 4.78 is 34.5. The fourth-order valence-electron chi connectivity index (χ4n) is 8.93. The van der Waals surface area contributed by atoms with Crippen LogP contribution in [0.15, 0.2) is 133 Å². The van der Waals surface area contributed by atoms with Crippen LogP contribution in [0.3, 0.4) is 0 Å². The lowest BCUT2D eigenvalue weighted by Crippen LogP contribution is -2.32. The molecular formula is C49H52N3O7S+. The molecule has 3 aliphatic heterocycles. The molecule has 60 heavy (non-hydrogen) atoms. The fourth-order valence-corrected chi connectivity index (χ4v) is 9.50. The maximum atomic E-state index is 12.4. The Bertz CT molecular complexity index is 2650. The van der Waals surface area contributed by atoms with Crippen LogP contribution in [0.4, 0.5) is 11.4 Å². The quantitative estimate of drug-likeness (QED) is 0.0390. The Kier molecular flexibility index (Phi) is 12.2. The molecule has 0 saturated heterocycles. The molecular weight excluding hydrogens is 775 g/mol. The first-order valence-corrected chi connectivity index (χ1v) is 22.2. The summed E-state index contributed by atoms with van der Waals surface area (Å²) in [5.74, 6) is -2.17. The highest BCUT2D eigenvalue weighted by Gasteiger charge is 2.45. The molecule has 3 aliphatic rings. The Balaban J connectivity index is 1.07. The third kappa shape index (κ3) is 8.69. The third-order valence-corrected chi connectivity index (χ3v) is 12.5. The largest absolute Gasteiger partial charge is 0.344 e. The molecule has 4 aromatic carbocycles. The maximum Gasteiger partial charge on any atom is 0.333 e. The van der Waals surface area contributed by atoms with Crippen molar-refractivity contribution in [2.24, 2.45) is 0 Å². The second-order valence-electron chi connectivity index (χ2n) is 16.6. The molecule has 11 heteroatoms. The van der Waals surface area contributed by atoms with E-state index < -0.39 is 27.9 Å². The second-order valence-corrected chi connectivity index (χ2v) is 18.1. The van der Waals surface area contributed by atoms with E-state index in [2.05, 4.69) is 128 Å². The lowest BCUT2D eigenvalue weighted by atomic mass is 9.79. The van der Waals surface area contributed by atoms with Gasteiger partial charge in [0.25, 0.3) is 21.9 Å². The molecule has 0 bridgehead atoms. The summed E-state index contributed by atoms with van der Waals surface area (Å²) in [4.78, 5) is 43.2. The molecule has 0 unspecified atom stereocenters. The number of hydrogen-bond donors (Lipinski definition) is 1. The lowest BCUT2D eigenvalue weighted by molar-refractivity contribution is -0.438. The van der Waals surface area contributed by atoms with Crippen LogP contribution in [-0.4, -0.2) is 64.9 Å². The number of hydrogen-bond acceptors (Lipinski definition) is 7. The zero-order valence-corrected chi connectivity index (χ0v) is 35.5. The number of allylic oxidation sites excluding steroid dienone is 8. The number of benzene rings is 4. The molecule has 0 aliphatic carbocycles. The van der Waals surface area contributed by atoms with Crippen LogP contribution in [0.25, 0.3) is 21.5 Å². The first kappa shape index (κ1) is 42.2. The summed E-state index contributed by atoms with van der Waals surface area (Å²) in [6.45, 7) is 10.4. The van der Waals surface area contributed by atoms with Gasteiger partial charge in [-0.25, -0.2) is 4.79 Å². The highest BCUT2D eigenvalue weighted by atomic mass is 32.2. The van der Waals surface area contributed by atoms with E-state index in [1.165, 1.54) is 44.1 Å². The van der Waals surface area contributed by atoms with Gasteiger partial charge in [-0.05, 0) is 84.8 Å². The number of fused-ring (bicyclic) bond motifs is 6. The lowest BCUT2D eigenvalue weighted by Gasteiger charge is -2.27. The summed E-state index contributed by atoms with van der Waals surface area (Å²) in [5, 5.41) is 5.28. The van der Waals surface area contributed by atoms with E-state index in [0.29, 0.717) is 30.9 Å².